The molecular weight excluding hydrogens is 353 g/mol. The van der Waals surface area contributed by atoms with Gasteiger partial charge in [-0.1, -0.05) is 18.2 Å². The van der Waals surface area contributed by atoms with Crippen LogP contribution in [0.5, 0.6) is 0 Å². The van der Waals surface area contributed by atoms with Crippen molar-refractivity contribution in [2.45, 2.75) is 6.18 Å². The van der Waals surface area contributed by atoms with E-state index in [1.165, 1.54) is 36.4 Å². The van der Waals surface area contributed by atoms with Crippen LogP contribution in [-0.4, -0.2) is 16.8 Å². The summed E-state index contributed by atoms with van der Waals surface area (Å²) in [5.74, 6) is -1.01. The second kappa shape index (κ2) is 6.43. The smallest absolute Gasteiger partial charge is 0.402 e. The highest BCUT2D eigenvalue weighted by molar-refractivity contribution is 6.13. The average Bonchev–Trinajstić information content (AvgIpc) is 2.95. The molecule has 0 radical (unpaired) electrons. The molecule has 0 atom stereocenters. The fourth-order valence-electron chi connectivity index (χ4n) is 2.25. The number of halogens is 3. The maximum Gasteiger partial charge on any atom is 0.416 e. The molecule has 0 spiro atoms. The van der Waals surface area contributed by atoms with Gasteiger partial charge in [0.05, 0.1) is 10.5 Å². The van der Waals surface area contributed by atoms with Gasteiger partial charge >= 0.3 is 12.1 Å². The van der Waals surface area contributed by atoms with E-state index in [4.69, 9.17) is 4.74 Å². The molecule has 0 bridgehead atoms. The molecule has 0 unspecified atom stereocenters. The summed E-state index contributed by atoms with van der Waals surface area (Å²) in [5.41, 5.74) is -0.945. The summed E-state index contributed by atoms with van der Waals surface area (Å²) < 4.78 is 43.2. The molecule has 0 amide bonds. The van der Waals surface area contributed by atoms with E-state index >= 15 is 0 Å². The Bertz CT molecular complexity index is 964. The molecule has 9 heteroatoms. The highest BCUT2D eigenvalue weighted by Crippen LogP contribution is 2.30. The quantitative estimate of drug-likeness (QED) is 0.358. The van der Waals surface area contributed by atoms with E-state index in [1.54, 1.807) is 0 Å². The van der Waals surface area contributed by atoms with Crippen molar-refractivity contribution < 1.29 is 27.6 Å². The second-order valence-corrected chi connectivity index (χ2v) is 5.27. The molecule has 2 aromatic rings. The minimum absolute atomic E-state index is 0.121. The highest BCUT2D eigenvalue weighted by atomic mass is 19.4. The summed E-state index contributed by atoms with van der Waals surface area (Å²) in [5, 5.41) is 10.8. The summed E-state index contributed by atoms with van der Waals surface area (Å²) in [6.45, 7) is 0. The number of ether oxygens (including phenoxy) is 1. The Balaban J connectivity index is 1.95. The molecule has 1 aliphatic rings. The molecule has 6 nitrogen and oxygen atoms in total. The van der Waals surface area contributed by atoms with Crippen LogP contribution in [0.25, 0.3) is 6.08 Å². The third kappa shape index (κ3) is 3.61. The van der Waals surface area contributed by atoms with Crippen molar-refractivity contribution in [1.29, 1.82) is 0 Å². The van der Waals surface area contributed by atoms with Gasteiger partial charge in [-0.2, -0.15) is 13.2 Å². The van der Waals surface area contributed by atoms with Crippen molar-refractivity contribution in [3.05, 3.63) is 81.0 Å². The van der Waals surface area contributed by atoms with Gasteiger partial charge in [0.1, 0.15) is 0 Å². The van der Waals surface area contributed by atoms with Crippen LogP contribution in [0.2, 0.25) is 0 Å². The van der Waals surface area contributed by atoms with Crippen molar-refractivity contribution in [2.24, 2.45) is 4.99 Å². The van der Waals surface area contributed by atoms with Gasteiger partial charge in [-0.25, -0.2) is 9.79 Å². The van der Waals surface area contributed by atoms with Crippen LogP contribution in [0, 0.1) is 10.1 Å². The van der Waals surface area contributed by atoms with E-state index in [0.29, 0.717) is 0 Å². The van der Waals surface area contributed by atoms with Gasteiger partial charge < -0.3 is 4.74 Å². The van der Waals surface area contributed by atoms with Crippen LogP contribution in [0.4, 0.5) is 18.9 Å². The predicted octanol–water partition coefficient (Wildman–Crippen LogP) is 3.96. The number of aliphatic imine (C=N–C) groups is 1. The van der Waals surface area contributed by atoms with Crippen LogP contribution >= 0.6 is 0 Å². The number of carbonyl (C=O) groups excluding carboxylic acids is 1. The van der Waals surface area contributed by atoms with Crippen molar-refractivity contribution >= 4 is 23.6 Å². The Morgan fingerprint density at radius 1 is 1.12 bits per heavy atom. The summed E-state index contributed by atoms with van der Waals surface area (Å²) in [4.78, 5) is 26.0. The first-order chi connectivity index (χ1) is 12.2. The summed E-state index contributed by atoms with van der Waals surface area (Å²) >= 11 is 0. The van der Waals surface area contributed by atoms with Crippen molar-refractivity contribution in [1.82, 2.24) is 0 Å². The Labute approximate surface area is 144 Å². The zero-order valence-electron chi connectivity index (χ0n) is 12.9. The molecule has 0 aromatic heterocycles. The third-order valence-corrected chi connectivity index (χ3v) is 3.44. The Hall–Kier alpha value is -3.49. The van der Waals surface area contributed by atoms with Gasteiger partial charge in [-0.15, -0.1) is 0 Å². The van der Waals surface area contributed by atoms with Gasteiger partial charge in [0, 0.05) is 17.7 Å². The molecule has 26 heavy (non-hydrogen) atoms. The summed E-state index contributed by atoms with van der Waals surface area (Å²) in [6, 6.07) is 9.69. The monoisotopic (exact) mass is 362 g/mol. The van der Waals surface area contributed by atoms with Gasteiger partial charge in [-0.3, -0.25) is 10.1 Å². The summed E-state index contributed by atoms with van der Waals surface area (Å²) in [7, 11) is 0. The first-order valence-corrected chi connectivity index (χ1v) is 7.19. The van der Waals surface area contributed by atoms with Crippen molar-refractivity contribution in [3.8, 4) is 0 Å². The largest absolute Gasteiger partial charge is 0.416 e. The number of nitro benzene ring substituents is 1. The molecular formula is C17H9F3N2O4. The van der Waals surface area contributed by atoms with E-state index in [1.807, 2.05) is 0 Å². The second-order valence-electron chi connectivity index (χ2n) is 5.27. The van der Waals surface area contributed by atoms with E-state index in [9.17, 15) is 28.1 Å². The average molecular weight is 362 g/mol. The predicted molar refractivity (Wildman–Crippen MR) is 85.1 cm³/mol. The Kier molecular flexibility index (Phi) is 4.29. The number of hydrogen-bond acceptors (Lipinski definition) is 5. The van der Waals surface area contributed by atoms with E-state index in [0.717, 1.165) is 18.2 Å². The van der Waals surface area contributed by atoms with Crippen LogP contribution in [-0.2, 0) is 15.7 Å². The SMILES string of the molecule is O=C1OC(c2cccc([N+](=O)[O-])c2)=N/C1=C/c1cccc(C(F)(F)F)c1. The Morgan fingerprint density at radius 2 is 1.85 bits per heavy atom. The zero-order valence-corrected chi connectivity index (χ0v) is 12.9. The van der Waals surface area contributed by atoms with E-state index in [-0.39, 0.29) is 28.4 Å². The van der Waals surface area contributed by atoms with E-state index in [2.05, 4.69) is 4.99 Å². The number of nitro groups is 1. The number of carbonyl (C=O) groups is 1. The number of benzene rings is 2. The number of nitrogens with zero attached hydrogens (tertiary/aromatic N) is 2. The van der Waals surface area contributed by atoms with Crippen LogP contribution in [0.3, 0.4) is 0 Å². The minimum atomic E-state index is -4.51. The molecule has 0 N–H and O–H groups in total. The molecule has 3 rings (SSSR count). The third-order valence-electron chi connectivity index (χ3n) is 3.44. The van der Waals surface area contributed by atoms with Gasteiger partial charge in [0.15, 0.2) is 5.70 Å². The molecule has 0 saturated carbocycles. The number of rotatable bonds is 3. The molecule has 0 fully saturated rings. The molecule has 1 heterocycles. The normalized spacial score (nSPS) is 15.7. The first-order valence-electron chi connectivity index (χ1n) is 7.19. The van der Waals surface area contributed by atoms with Gasteiger partial charge in [-0.05, 0) is 29.8 Å². The topological polar surface area (TPSA) is 81.8 Å². The fraction of sp³-hybridized carbons (Fsp3) is 0.0588. The molecule has 132 valence electrons. The lowest BCUT2D eigenvalue weighted by Gasteiger charge is -2.06. The maximum absolute atomic E-state index is 12.7. The minimum Gasteiger partial charge on any atom is -0.402 e. The van der Waals surface area contributed by atoms with Gasteiger partial charge in [0.25, 0.3) is 5.69 Å². The van der Waals surface area contributed by atoms with Crippen LogP contribution < -0.4 is 0 Å². The zero-order chi connectivity index (χ0) is 18.9. The molecule has 0 saturated heterocycles. The molecule has 0 aliphatic carbocycles. The van der Waals surface area contributed by atoms with Gasteiger partial charge in [0.2, 0.25) is 5.90 Å². The van der Waals surface area contributed by atoms with E-state index < -0.39 is 22.6 Å². The summed E-state index contributed by atoms with van der Waals surface area (Å²) in [6.07, 6.45) is -3.36. The fourth-order valence-corrected chi connectivity index (χ4v) is 2.25. The van der Waals surface area contributed by atoms with Crippen LogP contribution in [0.1, 0.15) is 16.7 Å². The number of cyclic esters (lactones) is 1. The molecule has 1 aliphatic heterocycles. The first kappa shape index (κ1) is 17.3. The lowest BCUT2D eigenvalue weighted by molar-refractivity contribution is -0.384. The van der Waals surface area contributed by atoms with Crippen molar-refractivity contribution in [3.63, 3.8) is 0 Å². The highest BCUT2D eigenvalue weighted by Gasteiger charge is 2.30. The lowest BCUT2D eigenvalue weighted by atomic mass is 10.1. The number of alkyl halides is 3. The molecule has 2 aromatic carbocycles. The van der Waals surface area contributed by atoms with Crippen LogP contribution in [0.15, 0.2) is 59.2 Å². The number of esters is 1. The van der Waals surface area contributed by atoms with Crippen molar-refractivity contribution in [2.75, 3.05) is 0 Å². The number of non-ortho nitro benzene ring substituents is 1. The number of hydrogen-bond donors (Lipinski definition) is 0. The maximum atomic E-state index is 12.7. The lowest BCUT2D eigenvalue weighted by Crippen LogP contribution is -2.06. The standard InChI is InChI=1S/C17H9F3N2O4/c18-17(19,20)12-5-1-3-10(7-12)8-14-16(23)26-15(21-14)11-4-2-6-13(9-11)22(24)25/h1-9H/b14-8+. The Morgan fingerprint density at radius 3 is 2.54 bits per heavy atom.